The van der Waals surface area contributed by atoms with Crippen LogP contribution in [0, 0.1) is 6.92 Å². The maximum atomic E-state index is 11.7. The first-order valence-electron chi connectivity index (χ1n) is 7.09. The highest BCUT2D eigenvalue weighted by Gasteiger charge is 2.01. The average molecular weight is 247 g/mol. The Balaban J connectivity index is 2.12. The maximum Gasteiger partial charge on any atom is 0.224 e. The molecule has 0 aliphatic heterocycles. The van der Waals surface area contributed by atoms with E-state index in [2.05, 4.69) is 12.2 Å². The van der Waals surface area contributed by atoms with Gasteiger partial charge in [-0.05, 0) is 25.5 Å². The van der Waals surface area contributed by atoms with Crippen molar-refractivity contribution in [1.82, 2.24) is 0 Å². The summed E-state index contributed by atoms with van der Waals surface area (Å²) in [7, 11) is 0. The number of rotatable bonds is 8. The van der Waals surface area contributed by atoms with E-state index in [1.54, 1.807) is 0 Å². The molecule has 18 heavy (non-hydrogen) atoms. The summed E-state index contributed by atoms with van der Waals surface area (Å²) in [6.07, 6.45) is 7.95. The van der Waals surface area contributed by atoms with Crippen LogP contribution in [0.1, 0.15) is 57.4 Å². The first-order valence-corrected chi connectivity index (χ1v) is 7.09. The molecule has 0 atom stereocenters. The lowest BCUT2D eigenvalue weighted by molar-refractivity contribution is -0.116. The van der Waals surface area contributed by atoms with Crippen molar-refractivity contribution in [3.63, 3.8) is 0 Å². The van der Waals surface area contributed by atoms with Gasteiger partial charge < -0.3 is 5.32 Å². The quantitative estimate of drug-likeness (QED) is 0.664. The second kappa shape index (κ2) is 8.73. The van der Waals surface area contributed by atoms with Gasteiger partial charge in [0.05, 0.1) is 0 Å². The van der Waals surface area contributed by atoms with Gasteiger partial charge in [-0.25, -0.2) is 0 Å². The fraction of sp³-hybridized carbons (Fsp3) is 0.562. The van der Waals surface area contributed by atoms with Gasteiger partial charge in [0.2, 0.25) is 5.91 Å². The lowest BCUT2D eigenvalue weighted by Gasteiger charge is -2.05. The highest BCUT2D eigenvalue weighted by Crippen LogP contribution is 2.11. The molecule has 1 amide bonds. The van der Waals surface area contributed by atoms with Crippen LogP contribution in [-0.4, -0.2) is 5.91 Å². The normalized spacial score (nSPS) is 10.3. The number of carbonyl (C=O) groups excluding carboxylic acids is 1. The number of benzene rings is 1. The van der Waals surface area contributed by atoms with Crippen LogP contribution in [0.3, 0.4) is 0 Å². The lowest BCUT2D eigenvalue weighted by Crippen LogP contribution is -2.10. The van der Waals surface area contributed by atoms with Crippen LogP contribution in [0.4, 0.5) is 5.69 Å². The molecule has 0 saturated carbocycles. The van der Waals surface area contributed by atoms with E-state index in [9.17, 15) is 4.79 Å². The van der Waals surface area contributed by atoms with Crippen molar-refractivity contribution < 1.29 is 4.79 Å². The smallest absolute Gasteiger partial charge is 0.224 e. The van der Waals surface area contributed by atoms with Gasteiger partial charge in [-0.2, -0.15) is 0 Å². The highest BCUT2D eigenvalue weighted by molar-refractivity contribution is 5.90. The fourth-order valence-electron chi connectivity index (χ4n) is 1.93. The van der Waals surface area contributed by atoms with Crippen LogP contribution in [0.15, 0.2) is 24.3 Å². The number of hydrogen-bond donors (Lipinski definition) is 1. The number of aryl methyl sites for hydroxylation is 1. The van der Waals surface area contributed by atoms with Crippen molar-refractivity contribution in [2.75, 3.05) is 5.32 Å². The summed E-state index contributed by atoms with van der Waals surface area (Å²) in [5, 5.41) is 2.93. The SMILES string of the molecule is CCCCCCCCC(=O)Nc1ccc(C)cc1. The number of carbonyl (C=O) groups is 1. The Morgan fingerprint density at radius 1 is 1.00 bits per heavy atom. The molecule has 1 rings (SSSR count). The third kappa shape index (κ3) is 6.43. The van der Waals surface area contributed by atoms with Gasteiger partial charge in [0.15, 0.2) is 0 Å². The van der Waals surface area contributed by atoms with Gasteiger partial charge in [0, 0.05) is 12.1 Å². The molecule has 0 fully saturated rings. The molecule has 2 heteroatoms. The summed E-state index contributed by atoms with van der Waals surface area (Å²) in [6.45, 7) is 4.26. The molecule has 1 aromatic carbocycles. The molecule has 1 N–H and O–H groups in total. The van der Waals surface area contributed by atoms with Gasteiger partial charge in [-0.3, -0.25) is 4.79 Å². The summed E-state index contributed by atoms with van der Waals surface area (Å²) in [4.78, 5) is 11.7. The molecule has 0 aromatic heterocycles. The minimum absolute atomic E-state index is 0.134. The van der Waals surface area contributed by atoms with E-state index in [1.807, 2.05) is 31.2 Å². The van der Waals surface area contributed by atoms with E-state index in [0.29, 0.717) is 6.42 Å². The van der Waals surface area contributed by atoms with Crippen LogP contribution < -0.4 is 5.32 Å². The van der Waals surface area contributed by atoms with E-state index in [4.69, 9.17) is 0 Å². The van der Waals surface area contributed by atoms with E-state index in [0.717, 1.165) is 12.1 Å². The molecule has 100 valence electrons. The summed E-state index contributed by atoms with van der Waals surface area (Å²) in [6, 6.07) is 7.93. The monoisotopic (exact) mass is 247 g/mol. The Hall–Kier alpha value is -1.31. The maximum absolute atomic E-state index is 11.7. The number of amides is 1. The Morgan fingerprint density at radius 3 is 2.28 bits per heavy atom. The zero-order valence-electron chi connectivity index (χ0n) is 11.7. The zero-order valence-corrected chi connectivity index (χ0v) is 11.7. The van der Waals surface area contributed by atoms with Crippen LogP contribution in [0.2, 0.25) is 0 Å². The number of nitrogens with one attached hydrogen (secondary N) is 1. The Labute approximate surface area is 111 Å². The molecule has 0 spiro atoms. The van der Waals surface area contributed by atoms with Crippen molar-refractivity contribution >= 4 is 11.6 Å². The molecule has 1 aromatic rings. The second-order valence-electron chi connectivity index (χ2n) is 4.93. The molecule has 0 bridgehead atoms. The van der Waals surface area contributed by atoms with Crippen LogP contribution >= 0.6 is 0 Å². The molecular formula is C16H25NO. The summed E-state index contributed by atoms with van der Waals surface area (Å²) in [5.74, 6) is 0.134. The average Bonchev–Trinajstić information content (AvgIpc) is 2.36. The van der Waals surface area contributed by atoms with Crippen molar-refractivity contribution in [2.45, 2.75) is 58.8 Å². The first-order chi connectivity index (χ1) is 8.72. The van der Waals surface area contributed by atoms with Crippen LogP contribution in [0.25, 0.3) is 0 Å². The third-order valence-electron chi connectivity index (χ3n) is 3.09. The largest absolute Gasteiger partial charge is 0.326 e. The van der Waals surface area contributed by atoms with Crippen LogP contribution in [0.5, 0.6) is 0 Å². The molecule has 2 nitrogen and oxygen atoms in total. The predicted octanol–water partition coefficient (Wildman–Crippen LogP) is 4.68. The van der Waals surface area contributed by atoms with Gasteiger partial charge in [-0.15, -0.1) is 0 Å². The van der Waals surface area contributed by atoms with Crippen molar-refractivity contribution in [3.05, 3.63) is 29.8 Å². The standard InChI is InChI=1S/C16H25NO/c1-3-4-5-6-7-8-9-16(18)17-15-12-10-14(2)11-13-15/h10-13H,3-9H2,1-2H3,(H,17,18). The minimum Gasteiger partial charge on any atom is -0.326 e. The molecule has 0 unspecified atom stereocenters. The minimum atomic E-state index is 0.134. The molecule has 0 aliphatic carbocycles. The predicted molar refractivity (Wildman–Crippen MR) is 77.8 cm³/mol. The summed E-state index contributed by atoms with van der Waals surface area (Å²) in [5.41, 5.74) is 2.11. The van der Waals surface area contributed by atoms with Gasteiger partial charge in [-0.1, -0.05) is 56.7 Å². The summed E-state index contributed by atoms with van der Waals surface area (Å²) >= 11 is 0. The number of unbranched alkanes of at least 4 members (excludes halogenated alkanes) is 5. The lowest BCUT2D eigenvalue weighted by atomic mass is 10.1. The van der Waals surface area contributed by atoms with Crippen LogP contribution in [-0.2, 0) is 4.79 Å². The molecule has 0 aliphatic rings. The summed E-state index contributed by atoms with van der Waals surface area (Å²) < 4.78 is 0. The Bertz CT molecular complexity index is 343. The Kier molecular flexibility index (Phi) is 7.16. The fourth-order valence-corrected chi connectivity index (χ4v) is 1.93. The van der Waals surface area contributed by atoms with Crippen molar-refractivity contribution in [3.8, 4) is 0 Å². The second-order valence-corrected chi connectivity index (χ2v) is 4.93. The molecule has 0 saturated heterocycles. The Morgan fingerprint density at radius 2 is 1.61 bits per heavy atom. The van der Waals surface area contributed by atoms with Crippen molar-refractivity contribution in [2.24, 2.45) is 0 Å². The van der Waals surface area contributed by atoms with E-state index in [1.165, 1.54) is 37.7 Å². The third-order valence-corrected chi connectivity index (χ3v) is 3.09. The van der Waals surface area contributed by atoms with E-state index < -0.39 is 0 Å². The van der Waals surface area contributed by atoms with E-state index >= 15 is 0 Å². The van der Waals surface area contributed by atoms with Gasteiger partial charge in [0.1, 0.15) is 0 Å². The van der Waals surface area contributed by atoms with E-state index in [-0.39, 0.29) is 5.91 Å². The number of anilines is 1. The van der Waals surface area contributed by atoms with Gasteiger partial charge in [0.25, 0.3) is 0 Å². The first kappa shape index (κ1) is 14.7. The molecule has 0 heterocycles. The van der Waals surface area contributed by atoms with Crippen molar-refractivity contribution in [1.29, 1.82) is 0 Å². The zero-order chi connectivity index (χ0) is 13.2. The topological polar surface area (TPSA) is 29.1 Å². The highest BCUT2D eigenvalue weighted by atomic mass is 16.1. The molecule has 0 radical (unpaired) electrons. The molecular weight excluding hydrogens is 222 g/mol. The number of hydrogen-bond acceptors (Lipinski definition) is 1. The van der Waals surface area contributed by atoms with Gasteiger partial charge >= 0.3 is 0 Å².